The molecule has 15 heteroatoms. The highest BCUT2D eigenvalue weighted by Gasteiger charge is 2.44. The molecule has 3 rings (SSSR count). The van der Waals surface area contributed by atoms with Gasteiger partial charge in [-0.15, -0.1) is 15.3 Å². The molecule has 0 bridgehead atoms. The maximum absolute atomic E-state index is 12.9. The van der Waals surface area contributed by atoms with Crippen molar-refractivity contribution in [3.05, 3.63) is 28.4 Å². The Morgan fingerprint density at radius 2 is 2.11 bits per heavy atom. The summed E-state index contributed by atoms with van der Waals surface area (Å²) in [5.41, 5.74) is 0.195. The van der Waals surface area contributed by atoms with Crippen LogP contribution in [0.1, 0.15) is 56.3 Å². The van der Waals surface area contributed by atoms with E-state index in [-0.39, 0.29) is 16.7 Å². The van der Waals surface area contributed by atoms with Crippen molar-refractivity contribution >= 4 is 32.5 Å². The molecular formula is C21H29F3N6O4S2. The number of allylic oxidation sites excluding steroid dienone is 1. The molecule has 36 heavy (non-hydrogen) atoms. The summed E-state index contributed by atoms with van der Waals surface area (Å²) in [5.74, 6) is -2.68. The smallest absolute Gasteiger partial charge is 0.404 e. The Kier molecular flexibility index (Phi) is 8.88. The van der Waals surface area contributed by atoms with Gasteiger partial charge in [-0.3, -0.25) is 0 Å². The van der Waals surface area contributed by atoms with Crippen LogP contribution in [0.4, 0.5) is 18.3 Å². The second-order valence-corrected chi connectivity index (χ2v) is 11.4. The summed E-state index contributed by atoms with van der Waals surface area (Å²) in [6, 6.07) is -0.958. The first-order chi connectivity index (χ1) is 16.9. The van der Waals surface area contributed by atoms with E-state index in [1.807, 2.05) is 0 Å². The molecule has 0 spiro atoms. The van der Waals surface area contributed by atoms with Crippen LogP contribution in [0.5, 0.6) is 0 Å². The van der Waals surface area contributed by atoms with Gasteiger partial charge in [-0.05, 0) is 44.8 Å². The quantitative estimate of drug-likeness (QED) is 0.343. The Balaban J connectivity index is 1.95. The number of esters is 1. The van der Waals surface area contributed by atoms with Crippen molar-refractivity contribution in [3.8, 4) is 0 Å². The number of unbranched alkanes of at least 4 members (excludes halogenated alkanes) is 1. The molecule has 2 atom stereocenters. The number of likely N-dealkylation sites (tertiary alicyclic amines) is 1. The number of halogens is 3. The first-order valence-corrected chi connectivity index (χ1v) is 14.0. The van der Waals surface area contributed by atoms with E-state index < -0.39 is 39.5 Å². The van der Waals surface area contributed by atoms with E-state index in [4.69, 9.17) is 4.74 Å². The lowest BCUT2D eigenvalue weighted by Crippen LogP contribution is -2.55. The predicted octanol–water partition coefficient (Wildman–Crippen LogP) is 4.13. The van der Waals surface area contributed by atoms with E-state index in [1.165, 1.54) is 6.92 Å². The summed E-state index contributed by atoms with van der Waals surface area (Å²) < 4.78 is 70.8. The summed E-state index contributed by atoms with van der Waals surface area (Å²) in [7, 11) is -4.75. The van der Waals surface area contributed by atoms with Gasteiger partial charge in [-0.2, -0.15) is 18.3 Å². The predicted molar refractivity (Wildman–Crippen MR) is 127 cm³/mol. The zero-order valence-corrected chi connectivity index (χ0v) is 21.8. The number of hydrogen-bond donors (Lipinski definition) is 1. The van der Waals surface area contributed by atoms with Crippen LogP contribution in [0.3, 0.4) is 0 Å². The van der Waals surface area contributed by atoms with Gasteiger partial charge in [-0.25, -0.2) is 17.9 Å². The molecule has 0 amide bonds. The van der Waals surface area contributed by atoms with Crippen LogP contribution in [0.2, 0.25) is 0 Å². The number of aromatic nitrogens is 2. The number of rotatable bonds is 10. The molecule has 1 fully saturated rings. The van der Waals surface area contributed by atoms with Crippen LogP contribution in [-0.2, 0) is 14.8 Å². The molecular weight excluding hydrogens is 521 g/mol. The van der Waals surface area contributed by atoms with Crippen molar-refractivity contribution in [3.63, 3.8) is 0 Å². The largest absolute Gasteiger partial charge is 0.461 e. The highest BCUT2D eigenvalue weighted by atomic mass is 32.2. The Morgan fingerprint density at radius 1 is 1.36 bits per heavy atom. The van der Waals surface area contributed by atoms with Gasteiger partial charge in [0.2, 0.25) is 15.0 Å². The molecule has 1 aromatic rings. The highest BCUT2D eigenvalue weighted by molar-refractivity contribution is 7.89. The fraction of sp³-hybridized carbons (Fsp3) is 0.667. The van der Waals surface area contributed by atoms with Crippen molar-refractivity contribution < 1.29 is 31.1 Å². The third-order valence-corrected chi connectivity index (χ3v) is 7.84. The van der Waals surface area contributed by atoms with Gasteiger partial charge in [0.15, 0.2) is 5.75 Å². The number of ether oxygens (including phenoxy) is 1. The lowest BCUT2D eigenvalue weighted by molar-refractivity contribution is -0.106. The summed E-state index contributed by atoms with van der Waals surface area (Å²) >= 11 is 0.834. The van der Waals surface area contributed by atoms with Crippen molar-refractivity contribution in [2.24, 2.45) is 10.2 Å². The minimum absolute atomic E-state index is 0.0255. The SMILES string of the molecule is CCCCN1CCCC2=CC(N=Nc3nnc(C(=O)OCC)s3)[C@](C)(NS(=O)(=O)CC(F)(F)F)C=C21. The molecule has 1 unspecified atom stereocenters. The molecule has 2 aliphatic rings. The molecule has 1 saturated heterocycles. The average Bonchev–Trinajstić information content (AvgIpc) is 3.23. The lowest BCUT2D eigenvalue weighted by Gasteiger charge is -2.42. The van der Waals surface area contributed by atoms with E-state index in [2.05, 4.69) is 37.0 Å². The van der Waals surface area contributed by atoms with Gasteiger partial charge in [0, 0.05) is 18.8 Å². The van der Waals surface area contributed by atoms with Crippen LogP contribution in [0.25, 0.3) is 0 Å². The molecule has 2 heterocycles. The number of alkyl halides is 3. The topological polar surface area (TPSA) is 126 Å². The van der Waals surface area contributed by atoms with Crippen LogP contribution in [0, 0.1) is 0 Å². The van der Waals surface area contributed by atoms with Crippen LogP contribution in [0.15, 0.2) is 33.7 Å². The molecule has 0 aromatic carbocycles. The minimum atomic E-state index is -4.91. The van der Waals surface area contributed by atoms with Gasteiger partial charge >= 0.3 is 12.1 Å². The normalized spacial score (nSPS) is 22.8. The zero-order valence-electron chi connectivity index (χ0n) is 20.2. The number of nitrogens with one attached hydrogen (secondary N) is 1. The maximum atomic E-state index is 12.9. The number of hydrogen-bond acceptors (Lipinski definition) is 10. The first kappa shape index (κ1) is 28.2. The summed E-state index contributed by atoms with van der Waals surface area (Å²) in [6.07, 6.45) is 1.95. The van der Waals surface area contributed by atoms with Gasteiger partial charge < -0.3 is 9.64 Å². The highest BCUT2D eigenvalue weighted by Crippen LogP contribution is 2.37. The fourth-order valence-electron chi connectivity index (χ4n) is 4.05. The molecule has 200 valence electrons. The molecule has 1 aromatic heterocycles. The molecule has 0 saturated carbocycles. The third-order valence-electron chi connectivity index (χ3n) is 5.60. The minimum Gasteiger partial charge on any atom is -0.461 e. The number of sulfonamides is 1. The summed E-state index contributed by atoms with van der Waals surface area (Å²) in [5, 5.41) is 15.7. The van der Waals surface area contributed by atoms with E-state index in [1.54, 1.807) is 19.1 Å². The monoisotopic (exact) mass is 550 g/mol. The zero-order chi connectivity index (χ0) is 26.6. The van der Waals surface area contributed by atoms with Crippen molar-refractivity contribution in [1.82, 2.24) is 19.8 Å². The number of carbonyl (C=O) groups excluding carboxylic acids is 1. The molecule has 0 radical (unpaired) electrons. The van der Waals surface area contributed by atoms with Crippen LogP contribution in [-0.4, -0.2) is 72.7 Å². The van der Waals surface area contributed by atoms with E-state index in [0.717, 1.165) is 61.4 Å². The second kappa shape index (κ2) is 11.3. The van der Waals surface area contributed by atoms with E-state index in [0.29, 0.717) is 0 Å². The van der Waals surface area contributed by atoms with Crippen molar-refractivity contribution in [1.29, 1.82) is 0 Å². The number of piperidine rings is 1. The van der Waals surface area contributed by atoms with Gasteiger partial charge in [0.05, 0.1) is 12.1 Å². The standard InChI is InChI=1S/C21H29F3N6O4S2/c1-4-6-9-30-10-7-8-14-11-16(25-27-19-28-26-17(35-19)18(31)34-5-2)20(3,12-15(14)30)29-36(32,33)13-21(22,23)24/h11-12,16,29H,4-10,13H2,1-3H3/t16?,20-/m1/s1. The molecule has 1 aliphatic heterocycles. The van der Waals surface area contributed by atoms with Gasteiger partial charge in [-0.1, -0.05) is 30.8 Å². The van der Waals surface area contributed by atoms with Crippen LogP contribution >= 0.6 is 11.3 Å². The molecule has 10 nitrogen and oxygen atoms in total. The van der Waals surface area contributed by atoms with Crippen molar-refractivity contribution in [2.75, 3.05) is 25.4 Å². The summed E-state index contributed by atoms with van der Waals surface area (Å²) in [4.78, 5) is 13.9. The number of fused-ring (bicyclic) bond motifs is 1. The van der Waals surface area contributed by atoms with Crippen molar-refractivity contribution in [2.45, 2.75) is 64.2 Å². The average molecular weight is 551 g/mol. The number of azo groups is 1. The Morgan fingerprint density at radius 3 is 2.78 bits per heavy atom. The third kappa shape index (κ3) is 7.32. The summed E-state index contributed by atoms with van der Waals surface area (Å²) in [6.45, 7) is 6.85. The Hall–Kier alpha value is -2.39. The second-order valence-electron chi connectivity index (χ2n) is 8.70. The Bertz CT molecular complexity index is 1150. The first-order valence-electron chi connectivity index (χ1n) is 11.5. The molecule has 1 aliphatic carbocycles. The molecule has 1 N–H and O–H groups in total. The Labute approximate surface area is 211 Å². The van der Waals surface area contributed by atoms with E-state index in [9.17, 15) is 26.4 Å². The van der Waals surface area contributed by atoms with Gasteiger partial charge in [0.25, 0.3) is 5.13 Å². The maximum Gasteiger partial charge on any atom is 0.404 e. The number of nitrogens with zero attached hydrogens (tertiary/aromatic N) is 5. The van der Waals surface area contributed by atoms with E-state index >= 15 is 0 Å². The number of carbonyl (C=O) groups is 1. The van der Waals surface area contributed by atoms with Crippen LogP contribution < -0.4 is 4.72 Å². The van der Waals surface area contributed by atoms with Gasteiger partial charge in [0.1, 0.15) is 6.04 Å². The fourth-order valence-corrected chi connectivity index (χ4v) is 5.97. The lowest BCUT2D eigenvalue weighted by atomic mass is 9.82.